The highest BCUT2D eigenvalue weighted by Gasteiger charge is 2.01. The van der Waals surface area contributed by atoms with Crippen LogP contribution in [0.5, 0.6) is 0 Å². The van der Waals surface area contributed by atoms with Gasteiger partial charge in [0.05, 0.1) is 0 Å². The fourth-order valence-corrected chi connectivity index (χ4v) is 0.916. The summed E-state index contributed by atoms with van der Waals surface area (Å²) in [6, 6.07) is 0. The first-order valence-electron chi connectivity index (χ1n) is 2.51. The highest BCUT2D eigenvalue weighted by Crippen LogP contribution is 2.03. The lowest BCUT2D eigenvalue weighted by Gasteiger charge is -2.09. The second-order valence-electron chi connectivity index (χ2n) is 1.63. The van der Waals surface area contributed by atoms with Gasteiger partial charge < -0.3 is 5.32 Å². The fraction of sp³-hybridized carbons (Fsp3) is 0.400. The van der Waals surface area contributed by atoms with Gasteiger partial charge in [-0.1, -0.05) is 27.5 Å². The maximum absolute atomic E-state index is 5.57. The summed E-state index contributed by atoms with van der Waals surface area (Å²) in [5.41, 5.74) is 0.819. The molecule has 1 aliphatic heterocycles. The van der Waals surface area contributed by atoms with Crippen molar-refractivity contribution in [2.75, 3.05) is 5.33 Å². The molecule has 0 fully saturated rings. The molecule has 1 unspecified atom stereocenters. The minimum atomic E-state index is -0.284. The van der Waals surface area contributed by atoms with E-state index in [1.54, 1.807) is 6.21 Å². The highest BCUT2D eigenvalue weighted by molar-refractivity contribution is 9.09. The first-order valence-corrected chi connectivity index (χ1v) is 4.07. The Hall–Kier alpha value is -0.0200. The maximum Gasteiger partial charge on any atom is 0.194 e. The van der Waals surface area contributed by atoms with Gasteiger partial charge in [0.25, 0.3) is 0 Å². The number of nitrogens with zero attached hydrogens (tertiary/aromatic N) is 1. The number of rotatable bonds is 1. The molecule has 50 valence electrons. The average molecular weight is 209 g/mol. The van der Waals surface area contributed by atoms with Crippen molar-refractivity contribution < 1.29 is 0 Å². The summed E-state index contributed by atoms with van der Waals surface area (Å²) in [4.78, 5) is 3.91. The van der Waals surface area contributed by atoms with Crippen molar-refractivity contribution in [1.29, 1.82) is 0 Å². The summed E-state index contributed by atoms with van der Waals surface area (Å²) in [6.45, 7) is 0. The second-order valence-corrected chi connectivity index (χ2v) is 2.61. The highest BCUT2D eigenvalue weighted by atomic mass is 79.9. The fourth-order valence-electron chi connectivity index (χ4n) is 0.490. The normalized spacial score (nSPS) is 25.1. The molecular formula is C5H6BrClN2. The van der Waals surface area contributed by atoms with E-state index in [0.717, 1.165) is 10.9 Å². The summed E-state index contributed by atoms with van der Waals surface area (Å²) >= 11 is 8.86. The molecule has 0 saturated heterocycles. The zero-order valence-electron chi connectivity index (χ0n) is 4.64. The third-order valence-corrected chi connectivity index (χ3v) is 1.82. The van der Waals surface area contributed by atoms with Crippen LogP contribution in [0.2, 0.25) is 0 Å². The zero-order valence-corrected chi connectivity index (χ0v) is 6.98. The number of halogens is 2. The van der Waals surface area contributed by atoms with Crippen molar-refractivity contribution in [3.8, 4) is 0 Å². The molecule has 0 spiro atoms. The van der Waals surface area contributed by atoms with Crippen LogP contribution in [0.15, 0.2) is 16.8 Å². The largest absolute Gasteiger partial charge is 0.357 e. The number of allylic oxidation sites excluding steroid dienone is 1. The van der Waals surface area contributed by atoms with E-state index in [-0.39, 0.29) is 5.62 Å². The molecule has 2 nitrogen and oxygen atoms in total. The SMILES string of the molecule is ClC1N=CC(CBr)=CN1. The van der Waals surface area contributed by atoms with Crippen molar-refractivity contribution in [1.82, 2.24) is 5.32 Å². The summed E-state index contributed by atoms with van der Waals surface area (Å²) in [5, 5.41) is 3.67. The molecule has 0 aromatic carbocycles. The predicted octanol–water partition coefficient (Wildman–Crippen LogP) is 1.46. The lowest BCUT2D eigenvalue weighted by molar-refractivity contribution is 0.798. The van der Waals surface area contributed by atoms with Crippen molar-refractivity contribution in [3.05, 3.63) is 11.8 Å². The van der Waals surface area contributed by atoms with Crippen LogP contribution in [0.25, 0.3) is 0 Å². The summed E-state index contributed by atoms with van der Waals surface area (Å²) < 4.78 is 0. The Morgan fingerprint density at radius 2 is 2.67 bits per heavy atom. The molecule has 0 saturated carbocycles. The van der Waals surface area contributed by atoms with Gasteiger partial charge in [-0.3, -0.25) is 4.99 Å². The Bertz CT molecular complexity index is 155. The van der Waals surface area contributed by atoms with Crippen LogP contribution >= 0.6 is 27.5 Å². The molecule has 1 aliphatic rings. The molecule has 0 radical (unpaired) electrons. The summed E-state index contributed by atoms with van der Waals surface area (Å²) in [7, 11) is 0. The van der Waals surface area contributed by atoms with Crippen molar-refractivity contribution in [3.63, 3.8) is 0 Å². The van der Waals surface area contributed by atoms with E-state index < -0.39 is 0 Å². The zero-order chi connectivity index (χ0) is 6.69. The first kappa shape index (κ1) is 7.09. The molecule has 1 rings (SSSR count). The van der Waals surface area contributed by atoms with Crippen molar-refractivity contribution in [2.24, 2.45) is 4.99 Å². The Morgan fingerprint density at radius 1 is 1.89 bits per heavy atom. The second kappa shape index (κ2) is 3.22. The number of hydrogen-bond acceptors (Lipinski definition) is 2. The third-order valence-electron chi connectivity index (χ3n) is 0.932. The van der Waals surface area contributed by atoms with Gasteiger partial charge in [0.1, 0.15) is 0 Å². The summed E-state index contributed by atoms with van der Waals surface area (Å²) in [5.74, 6) is 0. The molecule has 0 aromatic rings. The quantitative estimate of drug-likeness (QED) is 0.513. The minimum absolute atomic E-state index is 0.284. The minimum Gasteiger partial charge on any atom is -0.357 e. The van der Waals surface area contributed by atoms with E-state index in [4.69, 9.17) is 11.6 Å². The lowest BCUT2D eigenvalue weighted by atomic mass is 10.3. The van der Waals surface area contributed by atoms with E-state index in [1.165, 1.54) is 0 Å². The van der Waals surface area contributed by atoms with Crippen LogP contribution in [-0.4, -0.2) is 17.2 Å². The molecular weight excluding hydrogens is 203 g/mol. The Kier molecular flexibility index (Phi) is 2.54. The van der Waals surface area contributed by atoms with Crippen molar-refractivity contribution in [2.45, 2.75) is 5.62 Å². The van der Waals surface area contributed by atoms with E-state index in [1.807, 2.05) is 6.20 Å². The van der Waals surface area contributed by atoms with Gasteiger partial charge in [0.15, 0.2) is 5.62 Å². The lowest BCUT2D eigenvalue weighted by Crippen LogP contribution is -2.20. The molecule has 1 heterocycles. The summed E-state index contributed by atoms with van der Waals surface area (Å²) in [6.07, 6.45) is 3.60. The molecule has 1 atom stereocenters. The molecule has 9 heavy (non-hydrogen) atoms. The van der Waals surface area contributed by atoms with Gasteiger partial charge in [-0.15, -0.1) is 0 Å². The number of nitrogens with one attached hydrogen (secondary N) is 1. The third kappa shape index (κ3) is 1.99. The number of alkyl halides is 2. The molecule has 0 aromatic heterocycles. The Labute approximate surface area is 67.1 Å². The topological polar surface area (TPSA) is 24.4 Å². The van der Waals surface area contributed by atoms with Crippen LogP contribution in [0.4, 0.5) is 0 Å². The predicted molar refractivity (Wildman–Crippen MR) is 43.1 cm³/mol. The molecule has 0 aliphatic carbocycles. The van der Waals surface area contributed by atoms with E-state index in [0.29, 0.717) is 0 Å². The first-order chi connectivity index (χ1) is 4.33. The molecule has 1 N–H and O–H groups in total. The van der Waals surface area contributed by atoms with Gasteiger partial charge in [0, 0.05) is 17.7 Å². The molecule has 4 heteroatoms. The van der Waals surface area contributed by atoms with Crippen LogP contribution in [0, 0.1) is 0 Å². The van der Waals surface area contributed by atoms with Gasteiger partial charge in [-0.05, 0) is 5.57 Å². The molecule has 0 amide bonds. The monoisotopic (exact) mass is 208 g/mol. The van der Waals surface area contributed by atoms with Crippen LogP contribution < -0.4 is 5.32 Å². The van der Waals surface area contributed by atoms with Crippen LogP contribution in [0.3, 0.4) is 0 Å². The van der Waals surface area contributed by atoms with E-state index in [2.05, 4.69) is 26.2 Å². The number of hydrogen-bond donors (Lipinski definition) is 1. The van der Waals surface area contributed by atoms with Gasteiger partial charge in [-0.2, -0.15) is 0 Å². The average Bonchev–Trinajstić information content (AvgIpc) is 1.90. The van der Waals surface area contributed by atoms with Crippen LogP contribution in [-0.2, 0) is 0 Å². The molecule has 0 bridgehead atoms. The maximum atomic E-state index is 5.57. The Balaban J connectivity index is 2.52. The standard InChI is InChI=1S/C5H6BrClN2/c6-1-4-2-8-5(7)9-3-4/h2-3,5,8H,1H2. The van der Waals surface area contributed by atoms with E-state index in [9.17, 15) is 0 Å². The van der Waals surface area contributed by atoms with Gasteiger partial charge in [-0.25, -0.2) is 0 Å². The van der Waals surface area contributed by atoms with Crippen LogP contribution in [0.1, 0.15) is 0 Å². The van der Waals surface area contributed by atoms with Gasteiger partial charge >= 0.3 is 0 Å². The Morgan fingerprint density at radius 3 is 3.11 bits per heavy atom. The number of aliphatic imine (C=N–C) groups is 1. The van der Waals surface area contributed by atoms with E-state index >= 15 is 0 Å². The van der Waals surface area contributed by atoms with Gasteiger partial charge in [0.2, 0.25) is 0 Å². The van der Waals surface area contributed by atoms with Crippen molar-refractivity contribution >= 4 is 33.7 Å². The smallest absolute Gasteiger partial charge is 0.194 e.